The number of unbranched alkanes of at least 4 members (excludes halogenated alkanes) is 5. The predicted molar refractivity (Wildman–Crippen MR) is 114 cm³/mol. The first-order valence-electron chi connectivity index (χ1n) is 10.0. The van der Waals surface area contributed by atoms with Gasteiger partial charge in [0.25, 0.3) is 0 Å². The number of para-hydroxylation sites is 1. The minimum Gasteiger partial charge on any atom is -0.494 e. The molecule has 2 aromatic rings. The zero-order valence-electron chi connectivity index (χ0n) is 16.1. The normalized spacial score (nSPS) is 16.7. The highest BCUT2D eigenvalue weighted by Gasteiger charge is 2.33. The molecule has 0 radical (unpaired) electrons. The van der Waals surface area contributed by atoms with Crippen LogP contribution >= 0.6 is 11.8 Å². The van der Waals surface area contributed by atoms with Crippen molar-refractivity contribution in [3.8, 4) is 5.75 Å². The van der Waals surface area contributed by atoms with E-state index >= 15 is 0 Å². The maximum Gasteiger partial charge on any atom is 0.238 e. The van der Waals surface area contributed by atoms with Crippen LogP contribution < -0.4 is 9.64 Å². The van der Waals surface area contributed by atoms with E-state index in [2.05, 4.69) is 19.1 Å². The van der Waals surface area contributed by atoms with Crippen LogP contribution in [0, 0.1) is 0 Å². The molecule has 1 saturated heterocycles. The van der Waals surface area contributed by atoms with Crippen LogP contribution in [0.1, 0.15) is 56.4 Å². The number of rotatable bonds is 10. The number of anilines is 1. The molecule has 3 nitrogen and oxygen atoms in total. The first-order chi connectivity index (χ1) is 13.3. The van der Waals surface area contributed by atoms with E-state index in [1.807, 2.05) is 47.4 Å². The third kappa shape index (κ3) is 5.52. The summed E-state index contributed by atoms with van der Waals surface area (Å²) in [6.45, 7) is 3.02. The number of hydrogen-bond acceptors (Lipinski definition) is 3. The van der Waals surface area contributed by atoms with Crippen molar-refractivity contribution in [1.29, 1.82) is 0 Å². The second kappa shape index (κ2) is 10.4. The highest BCUT2D eigenvalue weighted by atomic mass is 32.2. The van der Waals surface area contributed by atoms with E-state index in [0.717, 1.165) is 30.0 Å². The quantitative estimate of drug-likeness (QED) is 0.457. The zero-order valence-corrected chi connectivity index (χ0v) is 16.9. The summed E-state index contributed by atoms with van der Waals surface area (Å²) in [4.78, 5) is 14.3. The lowest BCUT2D eigenvalue weighted by molar-refractivity contribution is -0.115. The van der Waals surface area contributed by atoms with Gasteiger partial charge in [0.05, 0.1) is 12.4 Å². The zero-order chi connectivity index (χ0) is 18.9. The number of thioether (sulfide) groups is 1. The Morgan fingerprint density at radius 3 is 2.41 bits per heavy atom. The molecule has 144 valence electrons. The molecule has 1 atom stereocenters. The van der Waals surface area contributed by atoms with Crippen LogP contribution in [-0.4, -0.2) is 18.3 Å². The van der Waals surface area contributed by atoms with Crippen LogP contribution in [0.5, 0.6) is 5.75 Å². The Morgan fingerprint density at radius 2 is 1.67 bits per heavy atom. The molecule has 0 saturated carbocycles. The number of nitrogens with zero attached hydrogens (tertiary/aromatic N) is 1. The molecule has 1 fully saturated rings. The lowest BCUT2D eigenvalue weighted by atomic mass is 10.1. The molecule has 1 aliphatic rings. The van der Waals surface area contributed by atoms with Crippen molar-refractivity contribution in [2.45, 2.75) is 50.8 Å². The van der Waals surface area contributed by atoms with E-state index in [1.165, 1.54) is 32.1 Å². The summed E-state index contributed by atoms with van der Waals surface area (Å²) in [5.41, 5.74) is 2.10. The van der Waals surface area contributed by atoms with E-state index in [9.17, 15) is 4.79 Å². The fraction of sp³-hybridized carbons (Fsp3) is 0.435. The molecule has 0 bridgehead atoms. The van der Waals surface area contributed by atoms with Crippen molar-refractivity contribution >= 4 is 23.4 Å². The van der Waals surface area contributed by atoms with Gasteiger partial charge in [-0.05, 0) is 36.2 Å². The molecule has 3 rings (SSSR count). The Labute approximate surface area is 167 Å². The average Bonchev–Trinajstić information content (AvgIpc) is 3.10. The minimum atomic E-state index is 0.0347. The Hall–Kier alpha value is -1.94. The summed E-state index contributed by atoms with van der Waals surface area (Å²) in [5, 5.41) is 0.0347. The van der Waals surface area contributed by atoms with Gasteiger partial charge < -0.3 is 4.74 Å². The molecule has 2 aromatic carbocycles. The lowest BCUT2D eigenvalue weighted by Gasteiger charge is -2.24. The van der Waals surface area contributed by atoms with E-state index in [1.54, 1.807) is 11.8 Å². The van der Waals surface area contributed by atoms with E-state index < -0.39 is 0 Å². The SMILES string of the molecule is CCCCCCCCOc1ccc([C@@H]2SCC(=O)N2c2ccccc2)cc1. The lowest BCUT2D eigenvalue weighted by Crippen LogP contribution is -2.27. The summed E-state index contributed by atoms with van der Waals surface area (Å²) in [6.07, 6.45) is 7.61. The standard InChI is InChI=1S/C23H29NO2S/c1-2-3-4-5-6-10-17-26-21-15-13-19(14-16-21)23-24(22(25)18-27-23)20-11-8-7-9-12-20/h7-9,11-16,23H,2-6,10,17-18H2,1H3/t23-/m0/s1. The van der Waals surface area contributed by atoms with Crippen molar-refractivity contribution in [3.05, 3.63) is 60.2 Å². The average molecular weight is 384 g/mol. The Balaban J connectivity index is 1.53. The van der Waals surface area contributed by atoms with E-state index in [4.69, 9.17) is 4.74 Å². The molecule has 1 heterocycles. The molecule has 4 heteroatoms. The third-order valence-corrected chi connectivity index (χ3v) is 6.05. The molecular weight excluding hydrogens is 354 g/mol. The van der Waals surface area contributed by atoms with Crippen LogP contribution in [0.2, 0.25) is 0 Å². The molecule has 0 unspecified atom stereocenters. The van der Waals surface area contributed by atoms with Crippen molar-refractivity contribution in [3.63, 3.8) is 0 Å². The third-order valence-electron chi connectivity index (χ3n) is 4.83. The largest absolute Gasteiger partial charge is 0.494 e. The summed E-state index contributed by atoms with van der Waals surface area (Å²) < 4.78 is 5.88. The number of hydrogen-bond donors (Lipinski definition) is 0. The number of carbonyl (C=O) groups is 1. The fourth-order valence-electron chi connectivity index (χ4n) is 3.34. The summed E-state index contributed by atoms with van der Waals surface area (Å²) in [7, 11) is 0. The second-order valence-corrected chi connectivity index (χ2v) is 8.02. The maximum absolute atomic E-state index is 12.4. The second-order valence-electron chi connectivity index (χ2n) is 6.95. The molecule has 0 aromatic heterocycles. The van der Waals surface area contributed by atoms with Crippen LogP contribution in [0.3, 0.4) is 0 Å². The molecule has 1 aliphatic heterocycles. The van der Waals surface area contributed by atoms with Gasteiger partial charge in [-0.15, -0.1) is 11.8 Å². The van der Waals surface area contributed by atoms with Gasteiger partial charge in [-0.25, -0.2) is 0 Å². The van der Waals surface area contributed by atoms with Gasteiger partial charge in [-0.2, -0.15) is 0 Å². The number of ether oxygens (including phenoxy) is 1. The van der Waals surface area contributed by atoms with Gasteiger partial charge in [0.1, 0.15) is 11.1 Å². The minimum absolute atomic E-state index is 0.0347. The number of carbonyl (C=O) groups excluding carboxylic acids is 1. The maximum atomic E-state index is 12.4. The Kier molecular flexibility index (Phi) is 7.64. The molecule has 0 spiro atoms. The van der Waals surface area contributed by atoms with E-state index in [-0.39, 0.29) is 11.3 Å². The number of benzene rings is 2. The highest BCUT2D eigenvalue weighted by molar-refractivity contribution is 8.00. The Morgan fingerprint density at radius 1 is 0.963 bits per heavy atom. The topological polar surface area (TPSA) is 29.5 Å². The van der Waals surface area contributed by atoms with Crippen LogP contribution in [0.4, 0.5) is 5.69 Å². The van der Waals surface area contributed by atoms with Gasteiger partial charge in [-0.3, -0.25) is 9.69 Å². The van der Waals surface area contributed by atoms with Gasteiger partial charge in [-0.1, -0.05) is 69.4 Å². The van der Waals surface area contributed by atoms with Crippen LogP contribution in [-0.2, 0) is 4.79 Å². The first-order valence-corrected chi connectivity index (χ1v) is 11.1. The first kappa shape index (κ1) is 19.8. The smallest absolute Gasteiger partial charge is 0.238 e. The summed E-state index contributed by atoms with van der Waals surface area (Å²) in [5.74, 6) is 1.60. The molecule has 0 N–H and O–H groups in total. The predicted octanol–water partition coefficient (Wildman–Crippen LogP) is 6.20. The van der Waals surface area contributed by atoms with Gasteiger partial charge in [0.15, 0.2) is 0 Å². The van der Waals surface area contributed by atoms with Crippen molar-refractivity contribution in [2.75, 3.05) is 17.3 Å². The fourth-order valence-corrected chi connectivity index (χ4v) is 4.52. The Bertz CT molecular complexity index is 702. The molecule has 0 aliphatic carbocycles. The number of amides is 1. The highest BCUT2D eigenvalue weighted by Crippen LogP contribution is 2.41. The van der Waals surface area contributed by atoms with Crippen LogP contribution in [0.15, 0.2) is 54.6 Å². The summed E-state index contributed by atoms with van der Waals surface area (Å²) in [6, 6.07) is 18.1. The van der Waals surface area contributed by atoms with Gasteiger partial charge in [0, 0.05) is 5.69 Å². The van der Waals surface area contributed by atoms with Crippen LogP contribution in [0.25, 0.3) is 0 Å². The van der Waals surface area contributed by atoms with Gasteiger partial charge in [0.2, 0.25) is 5.91 Å². The van der Waals surface area contributed by atoms with Crippen molar-refractivity contribution in [2.24, 2.45) is 0 Å². The molecular formula is C23H29NO2S. The molecule has 1 amide bonds. The molecule has 27 heavy (non-hydrogen) atoms. The summed E-state index contributed by atoms with van der Waals surface area (Å²) >= 11 is 1.68. The van der Waals surface area contributed by atoms with E-state index in [0.29, 0.717) is 5.75 Å². The van der Waals surface area contributed by atoms with Gasteiger partial charge >= 0.3 is 0 Å². The van der Waals surface area contributed by atoms with Crippen molar-refractivity contribution < 1.29 is 9.53 Å². The van der Waals surface area contributed by atoms with Crippen molar-refractivity contribution in [1.82, 2.24) is 0 Å². The monoisotopic (exact) mass is 383 g/mol.